The van der Waals surface area contributed by atoms with Crippen LogP contribution in [0.25, 0.3) is 10.9 Å². The number of carbonyl (C=O) groups excluding carboxylic acids is 8. The third-order valence-electron chi connectivity index (χ3n) is 11.4. The van der Waals surface area contributed by atoms with E-state index >= 15 is 0 Å². The minimum atomic E-state index is -1.70. The van der Waals surface area contributed by atoms with E-state index in [1.165, 1.54) is 30.4 Å². The highest BCUT2D eigenvalue weighted by atomic mass is 32.2. The van der Waals surface area contributed by atoms with E-state index in [0.29, 0.717) is 34.6 Å². The number of primary amides is 1. The number of benzene rings is 3. The molecule has 1 heterocycles. The van der Waals surface area contributed by atoms with Crippen molar-refractivity contribution in [3.8, 4) is 0 Å². The van der Waals surface area contributed by atoms with Gasteiger partial charge in [0.2, 0.25) is 47.3 Å². The fourth-order valence-corrected chi connectivity index (χ4v) is 8.55. The summed E-state index contributed by atoms with van der Waals surface area (Å²) in [7, 11) is 0. The molecule has 0 aliphatic rings. The molecule has 1 aromatic heterocycles. The average Bonchev–Trinajstić information content (AvgIpc) is 3.76. The van der Waals surface area contributed by atoms with Gasteiger partial charge in [-0.25, -0.2) is 0 Å². The molecule has 4 rings (SSSR count). The summed E-state index contributed by atoms with van der Waals surface area (Å²) in [6.07, 6.45) is 4.69. The number of fused-ring (bicyclic) bond motifs is 1. The summed E-state index contributed by atoms with van der Waals surface area (Å²) < 4.78 is 0. The van der Waals surface area contributed by atoms with Crippen LogP contribution in [0, 0.1) is 0 Å². The van der Waals surface area contributed by atoms with Crippen molar-refractivity contribution < 1.29 is 58.2 Å². The summed E-state index contributed by atoms with van der Waals surface area (Å²) in [6, 6.07) is 14.8. The van der Waals surface area contributed by atoms with Gasteiger partial charge in [-0.15, -0.1) is 0 Å². The summed E-state index contributed by atoms with van der Waals surface area (Å²) in [4.78, 5) is 133. The monoisotopic (exact) mass is 1050 g/mol. The number of aliphatic carboxylic acids is 2. The van der Waals surface area contributed by atoms with Crippen molar-refractivity contribution in [3.63, 3.8) is 0 Å². The maximum absolute atomic E-state index is 14.3. The van der Waals surface area contributed by atoms with Crippen LogP contribution < -0.4 is 43.0 Å². The van der Waals surface area contributed by atoms with Crippen LogP contribution in [0.15, 0.2) is 85.1 Å². The van der Waals surface area contributed by atoms with Crippen molar-refractivity contribution in [2.75, 3.05) is 30.6 Å². The zero-order valence-corrected chi connectivity index (χ0v) is 42.3. The Morgan fingerprint density at radius 2 is 1.07 bits per heavy atom. The number of thioether (sulfide) groups is 2. The van der Waals surface area contributed by atoms with E-state index in [9.17, 15) is 53.1 Å². The number of hydrogen-bond donors (Lipinski definition) is 11. The first kappa shape index (κ1) is 58.2. The maximum Gasteiger partial charge on any atom is 0.305 e. The molecule has 4 aromatic rings. The highest BCUT2D eigenvalue weighted by Gasteiger charge is 2.33. The van der Waals surface area contributed by atoms with Gasteiger partial charge >= 0.3 is 11.9 Å². The number of para-hydroxylation sites is 1. The van der Waals surface area contributed by atoms with Crippen molar-refractivity contribution in [1.29, 1.82) is 0 Å². The van der Waals surface area contributed by atoms with E-state index < -0.39 is 108 Å². The molecule has 392 valence electrons. The molecular weight excluding hydrogens is 983 g/mol. The van der Waals surface area contributed by atoms with E-state index in [4.69, 9.17) is 10.8 Å². The number of H-pyrrole nitrogens is 1. The Bertz CT molecular complexity index is 2560. The van der Waals surface area contributed by atoms with Crippen molar-refractivity contribution in [3.05, 3.63) is 107 Å². The minimum Gasteiger partial charge on any atom is -0.481 e. The molecule has 6 atom stereocenters. The zero-order valence-electron chi connectivity index (χ0n) is 40.7. The Morgan fingerprint density at radius 1 is 0.562 bits per heavy atom. The van der Waals surface area contributed by atoms with E-state index in [0.717, 1.165) is 16.5 Å². The molecule has 3 aromatic carbocycles. The fraction of sp³-hybridized carbons (Fsp3) is 0.400. The molecule has 0 aliphatic heterocycles. The number of aromatic amines is 1. The van der Waals surface area contributed by atoms with Crippen LogP contribution in [0.4, 0.5) is 0 Å². The lowest BCUT2D eigenvalue weighted by Gasteiger charge is -2.26. The van der Waals surface area contributed by atoms with Crippen molar-refractivity contribution >= 4 is 93.6 Å². The maximum atomic E-state index is 14.3. The molecule has 0 saturated heterocycles. The van der Waals surface area contributed by atoms with Crippen LogP contribution in [0.3, 0.4) is 0 Å². The van der Waals surface area contributed by atoms with Crippen LogP contribution in [-0.4, -0.2) is 141 Å². The van der Waals surface area contributed by atoms with Gasteiger partial charge < -0.3 is 58.1 Å². The number of rotatable bonds is 31. The van der Waals surface area contributed by atoms with Crippen molar-refractivity contribution in [2.45, 2.75) is 94.5 Å². The van der Waals surface area contributed by atoms with Gasteiger partial charge in [-0.05, 0) is 71.6 Å². The van der Waals surface area contributed by atoms with Crippen LogP contribution in [0.2, 0.25) is 0 Å². The molecule has 8 amide bonds. The number of hydrogen-bond acceptors (Lipinski definition) is 12. The number of aryl methyl sites for hydroxylation is 1. The van der Waals surface area contributed by atoms with Crippen LogP contribution in [0.5, 0.6) is 0 Å². The number of amides is 8. The molecule has 21 nitrogen and oxygen atoms in total. The lowest BCUT2D eigenvalue weighted by molar-refractivity contribution is -0.141. The third-order valence-corrected chi connectivity index (χ3v) is 12.7. The third kappa shape index (κ3) is 20.0. The van der Waals surface area contributed by atoms with Crippen molar-refractivity contribution in [2.24, 2.45) is 5.73 Å². The van der Waals surface area contributed by atoms with E-state index in [-0.39, 0.29) is 38.5 Å². The number of carbonyl (C=O) groups is 10. The molecule has 23 heteroatoms. The SMILES string of the molecule is CSCC[C@H](NC(=O)[C@H](Cc1ccc(CCC(=O)O)cc1)NC(C)=O)C(=O)NCC(=O)N[C@@H](Cc1c[nH]c2ccccc12)C(=O)N[C@@H](CCSC)C(=O)N[C@@H](CC(=O)O)C(=O)N[C@@H](Cc1ccccc1)C(N)=O. The second-order valence-electron chi connectivity index (χ2n) is 17.1. The van der Waals surface area contributed by atoms with Gasteiger partial charge in [-0.1, -0.05) is 72.8 Å². The molecule has 0 spiro atoms. The van der Waals surface area contributed by atoms with Gasteiger partial charge in [0.25, 0.3) is 0 Å². The van der Waals surface area contributed by atoms with Gasteiger partial charge in [-0.3, -0.25) is 47.9 Å². The molecule has 0 saturated carbocycles. The molecule has 0 fully saturated rings. The fourth-order valence-electron chi connectivity index (χ4n) is 7.60. The van der Waals surface area contributed by atoms with Crippen molar-refractivity contribution in [1.82, 2.24) is 42.2 Å². The van der Waals surface area contributed by atoms with Gasteiger partial charge in [0, 0.05) is 49.7 Å². The summed E-state index contributed by atoms with van der Waals surface area (Å²) in [5, 5.41) is 37.5. The van der Waals surface area contributed by atoms with Crippen LogP contribution in [0.1, 0.15) is 54.9 Å². The van der Waals surface area contributed by atoms with Gasteiger partial charge in [0.05, 0.1) is 13.0 Å². The normalized spacial score (nSPS) is 13.4. The summed E-state index contributed by atoms with van der Waals surface area (Å²) in [6.45, 7) is 0.595. The zero-order chi connectivity index (χ0) is 53.5. The first-order chi connectivity index (χ1) is 34.9. The summed E-state index contributed by atoms with van der Waals surface area (Å²) in [5.74, 6) is -7.98. The van der Waals surface area contributed by atoms with E-state index in [1.807, 2.05) is 18.2 Å². The predicted octanol–water partition coefficient (Wildman–Crippen LogP) is 0.724. The highest BCUT2D eigenvalue weighted by Crippen LogP contribution is 2.20. The second kappa shape index (κ2) is 29.8. The lowest BCUT2D eigenvalue weighted by Crippen LogP contribution is -2.59. The Labute approximate surface area is 430 Å². The lowest BCUT2D eigenvalue weighted by atomic mass is 10.0. The summed E-state index contributed by atoms with van der Waals surface area (Å²) in [5.41, 5.74) is 9.03. The Hall–Kier alpha value is -7.40. The predicted molar refractivity (Wildman–Crippen MR) is 276 cm³/mol. The molecule has 0 bridgehead atoms. The number of carboxylic acids is 2. The van der Waals surface area contributed by atoms with E-state index in [1.54, 1.807) is 79.4 Å². The Kier molecular flexibility index (Phi) is 23.8. The number of nitrogens with one attached hydrogen (secondary N) is 8. The van der Waals surface area contributed by atoms with Crippen LogP contribution >= 0.6 is 23.5 Å². The first-order valence-electron chi connectivity index (χ1n) is 23.3. The minimum absolute atomic E-state index is 0.00863. The highest BCUT2D eigenvalue weighted by molar-refractivity contribution is 7.98. The molecule has 0 unspecified atom stereocenters. The number of nitrogens with two attached hydrogens (primary N) is 1. The van der Waals surface area contributed by atoms with E-state index in [2.05, 4.69) is 42.2 Å². The first-order valence-corrected chi connectivity index (χ1v) is 26.1. The number of carboxylic acid groups (broad SMARTS) is 2. The Morgan fingerprint density at radius 3 is 1.66 bits per heavy atom. The smallest absolute Gasteiger partial charge is 0.305 e. The largest absolute Gasteiger partial charge is 0.481 e. The summed E-state index contributed by atoms with van der Waals surface area (Å²) >= 11 is 2.75. The standard InChI is InChI=1S/C50H63N9O12S2/c1-29(60)54-39(24-32-15-13-30(14-16-32)17-18-43(62)63)48(69)56-36(19-21-72-2)46(67)53-28-42(61)55-40(25-33-27-52-35-12-8-7-11-34(33)35)49(70)57-37(20-22-73-3)47(68)59-41(26-44(64)65)50(71)58-38(45(51)66)23-31-9-5-4-6-10-31/h4-16,27,36-41,52H,17-26,28H2,1-3H3,(H2,51,66)(H,53,67)(H,54,60)(H,55,61)(H,56,69)(H,57,70)(H,58,71)(H,59,68)(H,62,63)(H,64,65)/t36-,37-,38-,39-,40-,41-/m0/s1. The van der Waals surface area contributed by atoms with Gasteiger partial charge in [-0.2, -0.15) is 23.5 Å². The molecule has 0 radical (unpaired) electrons. The topological polar surface area (TPSA) is 337 Å². The number of aromatic nitrogens is 1. The van der Waals surface area contributed by atoms with Gasteiger partial charge in [0.15, 0.2) is 0 Å². The molecule has 73 heavy (non-hydrogen) atoms. The van der Waals surface area contributed by atoms with Gasteiger partial charge in [0.1, 0.15) is 36.3 Å². The molecular formula is C50H63N9O12S2. The molecule has 0 aliphatic carbocycles. The quantitative estimate of drug-likeness (QED) is 0.0331. The van der Waals surface area contributed by atoms with Crippen LogP contribution in [-0.2, 0) is 73.6 Å². The average molecular weight is 1050 g/mol. The Balaban J connectivity index is 1.50. The molecule has 12 N–H and O–H groups in total. The second-order valence-corrected chi connectivity index (χ2v) is 19.0.